The number of urea groups is 1. The fourth-order valence-electron chi connectivity index (χ4n) is 4.86. The molecule has 17 heteroatoms. The van der Waals surface area contributed by atoms with E-state index < -0.39 is 23.9 Å². The first-order valence-electron chi connectivity index (χ1n) is 17.9. The van der Waals surface area contributed by atoms with Gasteiger partial charge in [0.1, 0.15) is 6.04 Å². The highest BCUT2D eigenvalue weighted by molar-refractivity contribution is 6.13. The van der Waals surface area contributed by atoms with Gasteiger partial charge in [-0.25, -0.2) is 4.79 Å². The van der Waals surface area contributed by atoms with Crippen molar-refractivity contribution in [2.24, 2.45) is 11.7 Å². The number of nitrogens with one attached hydrogen (secondary N) is 5. The van der Waals surface area contributed by atoms with E-state index in [4.69, 9.17) is 24.7 Å². The molecule has 53 heavy (non-hydrogen) atoms. The summed E-state index contributed by atoms with van der Waals surface area (Å²) in [6.45, 7) is 11.2. The summed E-state index contributed by atoms with van der Waals surface area (Å²) in [5.41, 5.74) is 6.93. The maximum Gasteiger partial charge on any atom is 0.312 e. The number of anilines is 1. The van der Waals surface area contributed by atoms with E-state index >= 15 is 0 Å². The van der Waals surface area contributed by atoms with Crippen molar-refractivity contribution < 1.29 is 47.7 Å². The predicted octanol–water partition coefficient (Wildman–Crippen LogP) is 0.243. The van der Waals surface area contributed by atoms with Crippen LogP contribution in [0.4, 0.5) is 10.5 Å². The molecule has 1 aliphatic heterocycles. The number of carbonyl (C=O) groups is 6. The normalized spacial score (nSPS) is 13.5. The van der Waals surface area contributed by atoms with Gasteiger partial charge in [-0.05, 0) is 43.4 Å². The summed E-state index contributed by atoms with van der Waals surface area (Å²) >= 11 is 0. The Labute approximate surface area is 311 Å². The van der Waals surface area contributed by atoms with Gasteiger partial charge in [-0.3, -0.25) is 28.9 Å². The Hall–Kier alpha value is -4.58. The molecule has 0 aromatic heterocycles. The summed E-state index contributed by atoms with van der Waals surface area (Å²) in [5, 5.41) is 14.4. The smallest absolute Gasteiger partial charge is 0.312 e. The van der Waals surface area contributed by atoms with Crippen molar-refractivity contribution in [3.8, 4) is 0 Å². The Kier molecular flexibility index (Phi) is 22.1. The third kappa shape index (κ3) is 20.3. The van der Waals surface area contributed by atoms with Gasteiger partial charge in [0.15, 0.2) is 0 Å². The zero-order valence-electron chi connectivity index (χ0n) is 30.8. The average Bonchev–Trinajstić information content (AvgIpc) is 3.44. The van der Waals surface area contributed by atoms with E-state index in [1.807, 2.05) is 38.1 Å². The fraction of sp³-hybridized carbons (Fsp3) is 0.583. The molecule has 2 rings (SSSR count). The van der Waals surface area contributed by atoms with Gasteiger partial charge in [0, 0.05) is 62.9 Å². The maximum atomic E-state index is 13.3. The number of rotatable bonds is 29. The highest BCUT2D eigenvalue weighted by atomic mass is 16.6. The zero-order chi connectivity index (χ0) is 38.8. The lowest BCUT2D eigenvalue weighted by Gasteiger charge is -2.26. The van der Waals surface area contributed by atoms with Crippen LogP contribution >= 0.6 is 0 Å². The number of ether oxygens (including phenoxy) is 4. The molecule has 0 unspecified atom stereocenters. The van der Waals surface area contributed by atoms with Gasteiger partial charge in [0.05, 0.1) is 52.9 Å². The van der Waals surface area contributed by atoms with Crippen LogP contribution in [0.3, 0.4) is 0 Å². The van der Waals surface area contributed by atoms with E-state index in [2.05, 4.69) is 33.5 Å². The van der Waals surface area contributed by atoms with Crippen LogP contribution in [-0.4, -0.2) is 132 Å². The maximum absolute atomic E-state index is 13.3. The van der Waals surface area contributed by atoms with Gasteiger partial charge in [-0.15, -0.1) is 0 Å². The van der Waals surface area contributed by atoms with Crippen LogP contribution in [0.5, 0.6) is 0 Å². The largest absolute Gasteiger partial charge is 0.383 e. The quantitative estimate of drug-likeness (QED) is 0.0481. The highest BCUT2D eigenvalue weighted by Gasteiger charge is 2.26. The van der Waals surface area contributed by atoms with Crippen molar-refractivity contribution >= 4 is 41.3 Å². The van der Waals surface area contributed by atoms with Crippen molar-refractivity contribution in [1.82, 2.24) is 26.2 Å². The summed E-state index contributed by atoms with van der Waals surface area (Å²) < 4.78 is 21.8. The lowest BCUT2D eigenvalue weighted by molar-refractivity contribution is -0.137. The SMILES string of the molecule is [CH2]c1ccc(NC[C@H](CCCNC(N)=O)NC(=O)[C@@H](NC(=O)CCOCCOCCOCCOCCNC(=O)CCN2C(=O)C=CC2=O)C(C)C)cc1. The zero-order valence-corrected chi connectivity index (χ0v) is 30.8. The summed E-state index contributed by atoms with van der Waals surface area (Å²) in [5.74, 6) is -1.88. The van der Waals surface area contributed by atoms with E-state index in [0.717, 1.165) is 16.2 Å². The Bertz CT molecular complexity index is 1310. The molecule has 1 aromatic rings. The standard InChI is InChI=1S/C36H56N7O10/c1-26(2)34(35(48)41-29(5-4-14-39-36(37)49)25-40-28-8-6-27(3)7-9-28)42-31(45)13-17-50-19-21-52-23-24-53-22-20-51-18-15-38-30(44)12-16-43-32(46)10-11-33(43)47/h6-11,26,29,34,40H,3-5,12-25H2,1-2H3,(H,38,44)(H,41,48)(H,42,45)(H3,37,39,49)/t29-,34-/m0/s1. The number of nitrogens with zero attached hydrogens (tertiary/aromatic N) is 1. The van der Waals surface area contributed by atoms with E-state index in [0.29, 0.717) is 72.1 Å². The molecule has 2 atom stereocenters. The number of benzene rings is 1. The van der Waals surface area contributed by atoms with E-state index in [-0.39, 0.29) is 62.3 Å². The van der Waals surface area contributed by atoms with Gasteiger partial charge >= 0.3 is 6.03 Å². The number of hydrogen-bond donors (Lipinski definition) is 6. The van der Waals surface area contributed by atoms with E-state index in [9.17, 15) is 28.8 Å². The molecule has 1 radical (unpaired) electrons. The molecule has 17 nitrogen and oxygen atoms in total. The number of imide groups is 1. The van der Waals surface area contributed by atoms with Crippen LogP contribution in [0.15, 0.2) is 36.4 Å². The molecule has 7 amide bonds. The second kappa shape index (κ2) is 26.2. The monoisotopic (exact) mass is 746 g/mol. The molecule has 1 aromatic carbocycles. The fourth-order valence-corrected chi connectivity index (χ4v) is 4.86. The molecular formula is C36H56N7O10. The highest BCUT2D eigenvalue weighted by Crippen LogP contribution is 2.11. The van der Waals surface area contributed by atoms with Crippen molar-refractivity contribution in [2.45, 2.75) is 51.6 Å². The second-order valence-corrected chi connectivity index (χ2v) is 12.5. The van der Waals surface area contributed by atoms with Gasteiger partial charge in [0.2, 0.25) is 17.7 Å². The number of amides is 7. The summed E-state index contributed by atoms with van der Waals surface area (Å²) in [6.07, 6.45) is 3.63. The lowest BCUT2D eigenvalue weighted by Crippen LogP contribution is -2.53. The topological polar surface area (TPSA) is 229 Å². The summed E-state index contributed by atoms with van der Waals surface area (Å²) in [4.78, 5) is 72.8. The lowest BCUT2D eigenvalue weighted by atomic mass is 10.0. The van der Waals surface area contributed by atoms with Crippen molar-refractivity contribution in [3.05, 3.63) is 48.9 Å². The van der Waals surface area contributed by atoms with E-state index in [1.165, 1.54) is 12.2 Å². The molecule has 0 saturated heterocycles. The Morgan fingerprint density at radius 3 is 1.92 bits per heavy atom. The molecule has 0 aliphatic carbocycles. The molecule has 0 spiro atoms. The van der Waals surface area contributed by atoms with Gasteiger partial charge < -0.3 is 51.3 Å². The summed E-state index contributed by atoms with van der Waals surface area (Å²) in [7, 11) is 0. The van der Waals surface area contributed by atoms with E-state index in [1.54, 1.807) is 0 Å². The third-order valence-electron chi connectivity index (χ3n) is 7.77. The second-order valence-electron chi connectivity index (χ2n) is 12.5. The Balaban J connectivity index is 1.51. The Morgan fingerprint density at radius 2 is 1.34 bits per heavy atom. The molecular weight excluding hydrogens is 690 g/mol. The van der Waals surface area contributed by atoms with Gasteiger partial charge in [-0.2, -0.15) is 0 Å². The number of nitrogens with two attached hydrogens (primary N) is 1. The van der Waals surface area contributed by atoms with Crippen LogP contribution in [0.25, 0.3) is 0 Å². The van der Waals surface area contributed by atoms with Gasteiger partial charge in [-0.1, -0.05) is 26.0 Å². The molecule has 0 saturated carbocycles. The first-order valence-corrected chi connectivity index (χ1v) is 17.9. The van der Waals surface area contributed by atoms with Crippen LogP contribution < -0.4 is 32.3 Å². The molecule has 295 valence electrons. The van der Waals surface area contributed by atoms with Crippen molar-refractivity contribution in [3.63, 3.8) is 0 Å². The van der Waals surface area contributed by atoms with Crippen LogP contribution in [0.1, 0.15) is 45.1 Å². The first-order chi connectivity index (χ1) is 25.5. The first kappa shape index (κ1) is 44.6. The molecule has 7 N–H and O–H groups in total. The minimum absolute atomic E-state index is 0.0260. The van der Waals surface area contributed by atoms with Gasteiger partial charge in [0.25, 0.3) is 11.8 Å². The van der Waals surface area contributed by atoms with Crippen LogP contribution in [0, 0.1) is 12.8 Å². The van der Waals surface area contributed by atoms with Crippen LogP contribution in [0.2, 0.25) is 0 Å². The van der Waals surface area contributed by atoms with Crippen molar-refractivity contribution in [1.29, 1.82) is 0 Å². The predicted molar refractivity (Wildman–Crippen MR) is 196 cm³/mol. The van der Waals surface area contributed by atoms with Crippen molar-refractivity contribution in [2.75, 3.05) is 84.4 Å². The number of hydrogen-bond acceptors (Lipinski definition) is 11. The molecule has 0 fully saturated rings. The summed E-state index contributed by atoms with van der Waals surface area (Å²) in [6, 6.07) is 5.95. The molecule has 0 bridgehead atoms. The minimum Gasteiger partial charge on any atom is -0.383 e. The van der Waals surface area contributed by atoms with Crippen LogP contribution in [-0.2, 0) is 42.9 Å². The number of primary amides is 1. The molecule has 1 heterocycles. The number of carbonyl (C=O) groups excluding carboxylic acids is 6. The molecule has 1 aliphatic rings. The third-order valence-corrected chi connectivity index (χ3v) is 7.77. The average molecular weight is 747 g/mol. The Morgan fingerprint density at radius 1 is 0.755 bits per heavy atom. The minimum atomic E-state index is -0.746.